The monoisotopic (exact) mass is 245 g/mol. The molecule has 0 spiro atoms. The molecule has 1 aromatic carbocycles. The van der Waals surface area contributed by atoms with Gasteiger partial charge in [0.05, 0.1) is 6.61 Å². The molecule has 2 heteroatoms. The Bertz CT molecular complexity index is 475. The largest absolute Gasteiger partial charge is 0.478 e. The van der Waals surface area contributed by atoms with Crippen molar-refractivity contribution >= 4 is 10.8 Å². The summed E-state index contributed by atoms with van der Waals surface area (Å²) < 4.78 is 5.95. The molecule has 1 aromatic heterocycles. The zero-order valence-electron chi connectivity index (χ0n) is 11.4. The molecule has 0 aliphatic heterocycles. The van der Waals surface area contributed by atoms with Crippen molar-refractivity contribution in [3.8, 4) is 5.88 Å². The van der Waals surface area contributed by atoms with Crippen molar-refractivity contribution in [2.75, 3.05) is 6.61 Å². The second-order valence-corrected chi connectivity index (χ2v) is 4.93. The van der Waals surface area contributed by atoms with Crippen molar-refractivity contribution in [1.29, 1.82) is 0 Å². The van der Waals surface area contributed by atoms with Gasteiger partial charge in [0.15, 0.2) is 5.88 Å². The molecule has 1 unspecified atom stereocenters. The van der Waals surface area contributed by atoms with E-state index in [0.717, 1.165) is 12.5 Å². The van der Waals surface area contributed by atoms with Gasteiger partial charge in [0.25, 0.3) is 0 Å². The summed E-state index contributed by atoms with van der Waals surface area (Å²) >= 11 is 0. The van der Waals surface area contributed by atoms with Crippen LogP contribution < -0.4 is 4.74 Å². The van der Waals surface area contributed by atoms with E-state index in [1.165, 1.54) is 36.5 Å². The van der Waals surface area contributed by atoms with Crippen LogP contribution in [0.4, 0.5) is 0 Å². The van der Waals surface area contributed by atoms with Gasteiger partial charge >= 0.3 is 0 Å². The highest BCUT2D eigenvalue weighted by Gasteiger charge is 2.09. The van der Waals surface area contributed by atoms with Crippen LogP contribution in [0.5, 0.6) is 5.88 Å². The highest BCUT2D eigenvalue weighted by Crippen LogP contribution is 2.25. The average molecular weight is 245 g/mol. The molecule has 2 rings (SSSR count). The van der Waals surface area contributed by atoms with Gasteiger partial charge in [0.2, 0.25) is 0 Å². The molecule has 0 fully saturated rings. The molecule has 2 aromatic rings. The Morgan fingerprint density at radius 3 is 2.83 bits per heavy atom. The molecule has 1 atom stereocenters. The molecule has 0 amide bonds. The number of ether oxygens (including phenoxy) is 1. The van der Waals surface area contributed by atoms with Crippen molar-refractivity contribution in [2.24, 2.45) is 5.92 Å². The van der Waals surface area contributed by atoms with Gasteiger partial charge in [-0.15, -0.1) is 0 Å². The lowest BCUT2D eigenvalue weighted by atomic mass is 10.0. The molecular weight excluding hydrogens is 222 g/mol. The molecule has 1 N–H and O–H groups in total. The fraction of sp³-hybridized carbons (Fsp3) is 0.500. The molecule has 0 aliphatic carbocycles. The van der Waals surface area contributed by atoms with Gasteiger partial charge in [0, 0.05) is 17.0 Å². The predicted molar refractivity (Wildman–Crippen MR) is 77.1 cm³/mol. The molecule has 1 heterocycles. The SMILES string of the molecule is CCCCC(CC)COc1[nH]cc2ccccc12. The smallest absolute Gasteiger partial charge is 0.198 e. The molecule has 98 valence electrons. The summed E-state index contributed by atoms with van der Waals surface area (Å²) in [6, 6.07) is 8.31. The fourth-order valence-electron chi connectivity index (χ4n) is 2.27. The first-order chi connectivity index (χ1) is 8.85. The zero-order valence-corrected chi connectivity index (χ0v) is 11.4. The predicted octanol–water partition coefficient (Wildman–Crippen LogP) is 4.76. The third-order valence-corrected chi connectivity index (χ3v) is 3.57. The van der Waals surface area contributed by atoms with Crippen molar-refractivity contribution in [3.05, 3.63) is 30.5 Å². The third-order valence-electron chi connectivity index (χ3n) is 3.57. The van der Waals surface area contributed by atoms with Gasteiger partial charge in [-0.1, -0.05) is 51.3 Å². The van der Waals surface area contributed by atoms with Gasteiger partial charge in [-0.3, -0.25) is 0 Å². The van der Waals surface area contributed by atoms with Crippen LogP contribution in [0.15, 0.2) is 30.5 Å². The number of hydrogen-bond acceptors (Lipinski definition) is 1. The maximum atomic E-state index is 5.95. The summed E-state index contributed by atoms with van der Waals surface area (Å²) in [5.41, 5.74) is 0. The fourth-order valence-corrected chi connectivity index (χ4v) is 2.27. The Balaban J connectivity index is 1.96. The van der Waals surface area contributed by atoms with Crippen LogP contribution in [0.1, 0.15) is 39.5 Å². The number of aromatic amines is 1. The quantitative estimate of drug-likeness (QED) is 0.747. The first kappa shape index (κ1) is 13.0. The van der Waals surface area contributed by atoms with Gasteiger partial charge in [0.1, 0.15) is 0 Å². The Kier molecular flexibility index (Phi) is 4.68. The van der Waals surface area contributed by atoms with Crippen LogP contribution in [-0.4, -0.2) is 11.6 Å². The van der Waals surface area contributed by atoms with Crippen LogP contribution in [0.3, 0.4) is 0 Å². The second-order valence-electron chi connectivity index (χ2n) is 4.93. The number of unbranched alkanes of at least 4 members (excludes halogenated alkanes) is 1. The lowest BCUT2D eigenvalue weighted by Crippen LogP contribution is -2.11. The number of benzene rings is 1. The molecule has 0 saturated carbocycles. The molecule has 18 heavy (non-hydrogen) atoms. The van der Waals surface area contributed by atoms with Crippen LogP contribution in [0.2, 0.25) is 0 Å². The summed E-state index contributed by atoms with van der Waals surface area (Å²) in [4.78, 5) is 3.23. The Labute approximate surface area is 109 Å². The summed E-state index contributed by atoms with van der Waals surface area (Å²) in [5, 5.41) is 2.40. The average Bonchev–Trinajstić information content (AvgIpc) is 2.82. The number of H-pyrrole nitrogens is 1. The van der Waals surface area contributed by atoms with Gasteiger partial charge in [-0.2, -0.15) is 0 Å². The van der Waals surface area contributed by atoms with Crippen molar-refractivity contribution in [2.45, 2.75) is 39.5 Å². The van der Waals surface area contributed by atoms with Crippen LogP contribution in [0.25, 0.3) is 10.8 Å². The molecule has 0 aliphatic rings. The van der Waals surface area contributed by atoms with E-state index in [1.807, 2.05) is 6.20 Å². The topological polar surface area (TPSA) is 25.0 Å². The molecule has 0 bridgehead atoms. The maximum Gasteiger partial charge on any atom is 0.198 e. The summed E-state index contributed by atoms with van der Waals surface area (Å²) in [6.45, 7) is 5.31. The number of nitrogens with one attached hydrogen (secondary N) is 1. The number of aromatic nitrogens is 1. The Morgan fingerprint density at radius 2 is 2.06 bits per heavy atom. The van der Waals surface area contributed by atoms with Gasteiger partial charge < -0.3 is 9.72 Å². The number of rotatable bonds is 7. The normalized spacial score (nSPS) is 12.8. The van der Waals surface area contributed by atoms with E-state index in [4.69, 9.17) is 4.74 Å². The lowest BCUT2D eigenvalue weighted by Gasteiger charge is -2.14. The highest BCUT2D eigenvalue weighted by molar-refractivity contribution is 5.87. The minimum atomic E-state index is 0.673. The first-order valence-electron chi connectivity index (χ1n) is 7.04. The van der Waals surface area contributed by atoms with E-state index >= 15 is 0 Å². The minimum absolute atomic E-state index is 0.673. The van der Waals surface area contributed by atoms with Gasteiger partial charge in [-0.25, -0.2) is 0 Å². The van der Waals surface area contributed by atoms with E-state index < -0.39 is 0 Å². The molecule has 0 saturated heterocycles. The van der Waals surface area contributed by atoms with Gasteiger partial charge in [-0.05, 0) is 18.4 Å². The van der Waals surface area contributed by atoms with E-state index in [9.17, 15) is 0 Å². The molecular formula is C16H23NO. The van der Waals surface area contributed by atoms with Crippen LogP contribution in [0, 0.1) is 5.92 Å². The summed E-state index contributed by atoms with van der Waals surface area (Å²) in [7, 11) is 0. The van der Waals surface area contributed by atoms with Crippen molar-refractivity contribution in [1.82, 2.24) is 4.98 Å². The maximum absolute atomic E-state index is 5.95. The number of fused-ring (bicyclic) bond motifs is 1. The van der Waals surface area contributed by atoms with Crippen LogP contribution >= 0.6 is 0 Å². The summed E-state index contributed by atoms with van der Waals surface area (Å²) in [5.74, 6) is 1.59. The van der Waals surface area contributed by atoms with E-state index in [2.05, 4.69) is 43.1 Å². The van der Waals surface area contributed by atoms with E-state index in [1.54, 1.807) is 0 Å². The first-order valence-corrected chi connectivity index (χ1v) is 7.04. The number of hydrogen-bond donors (Lipinski definition) is 1. The van der Waals surface area contributed by atoms with Crippen molar-refractivity contribution in [3.63, 3.8) is 0 Å². The Morgan fingerprint density at radius 1 is 1.22 bits per heavy atom. The van der Waals surface area contributed by atoms with E-state index in [-0.39, 0.29) is 0 Å². The minimum Gasteiger partial charge on any atom is -0.478 e. The summed E-state index contributed by atoms with van der Waals surface area (Å²) in [6.07, 6.45) is 7.04. The Hall–Kier alpha value is -1.44. The standard InChI is InChI=1S/C16H23NO/c1-3-5-8-13(4-2)12-18-16-15-10-7-6-9-14(15)11-17-16/h6-7,9-11,13,17H,3-5,8,12H2,1-2H3. The van der Waals surface area contributed by atoms with Crippen LogP contribution in [-0.2, 0) is 0 Å². The third kappa shape index (κ3) is 3.06. The molecule has 0 radical (unpaired) electrons. The molecule has 2 nitrogen and oxygen atoms in total. The lowest BCUT2D eigenvalue weighted by molar-refractivity contribution is 0.229. The highest BCUT2D eigenvalue weighted by atomic mass is 16.5. The zero-order chi connectivity index (χ0) is 12.8. The second kappa shape index (κ2) is 6.48. The van der Waals surface area contributed by atoms with Crippen molar-refractivity contribution < 1.29 is 4.74 Å². The van der Waals surface area contributed by atoms with E-state index in [0.29, 0.717) is 5.92 Å².